The first kappa shape index (κ1) is 21.8. The zero-order valence-electron chi connectivity index (χ0n) is 17.3. The molecule has 0 spiro atoms. The monoisotopic (exact) mass is 502 g/mol. The van der Waals surface area contributed by atoms with Crippen LogP contribution in [-0.2, 0) is 11.8 Å². The largest absolute Gasteiger partial charge is 0.381 e. The highest BCUT2D eigenvalue weighted by Gasteiger charge is 2.40. The number of hydrogen-bond donors (Lipinski definition) is 1. The van der Waals surface area contributed by atoms with Gasteiger partial charge in [-0.1, -0.05) is 0 Å². The smallest absolute Gasteiger partial charge is 0.193 e. The highest BCUT2D eigenvalue weighted by Crippen LogP contribution is 2.31. The first-order chi connectivity index (χ1) is 13.2. The van der Waals surface area contributed by atoms with Crippen LogP contribution in [0, 0.1) is 0 Å². The van der Waals surface area contributed by atoms with Gasteiger partial charge in [0.2, 0.25) is 0 Å². The molecule has 0 radical (unpaired) electrons. The molecule has 3 aliphatic heterocycles. The number of rotatable bonds is 4. The SMILES string of the molecule is CN=C(NCC1(N2CCCC2)CCOCC1)N1CCC(c2cnn(C)c2)C1.I. The van der Waals surface area contributed by atoms with Crippen molar-refractivity contribution in [3.8, 4) is 0 Å². The third kappa shape index (κ3) is 4.64. The van der Waals surface area contributed by atoms with Crippen LogP contribution in [0.1, 0.15) is 43.6 Å². The standard InChI is InChI=1S/C20H34N6O.HI/c1-21-19(25-10-5-17(15-25)18-13-23-24(2)14-18)22-16-20(6-11-27-12-7-20)26-8-3-4-9-26;/h13-14,17H,3-12,15-16H2,1-2H3,(H,21,22);1H. The Labute approximate surface area is 185 Å². The van der Waals surface area contributed by atoms with Crippen molar-refractivity contribution in [2.45, 2.75) is 43.6 Å². The van der Waals surface area contributed by atoms with Crippen LogP contribution in [0.25, 0.3) is 0 Å². The number of nitrogens with one attached hydrogen (secondary N) is 1. The summed E-state index contributed by atoms with van der Waals surface area (Å²) in [4.78, 5) is 9.72. The molecule has 8 heteroatoms. The molecule has 1 N–H and O–H groups in total. The van der Waals surface area contributed by atoms with Gasteiger partial charge in [0.15, 0.2) is 5.96 Å². The Hall–Kier alpha value is -0.870. The molecule has 3 fully saturated rings. The number of nitrogens with zero attached hydrogens (tertiary/aromatic N) is 5. The van der Waals surface area contributed by atoms with E-state index in [-0.39, 0.29) is 29.5 Å². The molecule has 3 aliphatic rings. The minimum atomic E-state index is 0. The van der Waals surface area contributed by atoms with Crippen molar-refractivity contribution in [1.82, 2.24) is 24.9 Å². The second-order valence-corrected chi connectivity index (χ2v) is 8.31. The quantitative estimate of drug-likeness (QED) is 0.388. The summed E-state index contributed by atoms with van der Waals surface area (Å²) in [6, 6.07) is 0. The van der Waals surface area contributed by atoms with Crippen LogP contribution in [0.2, 0.25) is 0 Å². The molecule has 4 heterocycles. The maximum atomic E-state index is 5.68. The van der Waals surface area contributed by atoms with Crippen LogP contribution < -0.4 is 5.32 Å². The summed E-state index contributed by atoms with van der Waals surface area (Å²) < 4.78 is 7.58. The fourth-order valence-corrected chi connectivity index (χ4v) is 5.00. The summed E-state index contributed by atoms with van der Waals surface area (Å²) in [5, 5.41) is 8.07. The first-order valence-corrected chi connectivity index (χ1v) is 10.5. The van der Waals surface area contributed by atoms with E-state index in [2.05, 4.69) is 31.4 Å². The van der Waals surface area contributed by atoms with Crippen LogP contribution in [-0.4, -0.2) is 84.1 Å². The second kappa shape index (κ2) is 9.75. The number of ether oxygens (including phenoxy) is 1. The third-order valence-electron chi connectivity index (χ3n) is 6.67. The Kier molecular flexibility index (Phi) is 7.60. The van der Waals surface area contributed by atoms with Crippen molar-refractivity contribution in [2.24, 2.45) is 12.0 Å². The second-order valence-electron chi connectivity index (χ2n) is 8.31. The molecule has 1 unspecified atom stereocenters. The number of likely N-dealkylation sites (tertiary alicyclic amines) is 2. The van der Waals surface area contributed by atoms with Gasteiger partial charge in [-0.05, 0) is 50.8 Å². The highest BCUT2D eigenvalue weighted by molar-refractivity contribution is 14.0. The maximum Gasteiger partial charge on any atom is 0.193 e. The number of aromatic nitrogens is 2. The summed E-state index contributed by atoms with van der Waals surface area (Å²) in [6.45, 7) is 7.26. The van der Waals surface area contributed by atoms with Gasteiger partial charge in [0.05, 0.1) is 6.20 Å². The van der Waals surface area contributed by atoms with Crippen molar-refractivity contribution in [3.63, 3.8) is 0 Å². The van der Waals surface area contributed by atoms with Crippen LogP contribution in [0.15, 0.2) is 17.4 Å². The molecule has 1 aromatic rings. The lowest BCUT2D eigenvalue weighted by molar-refractivity contribution is -0.0166. The van der Waals surface area contributed by atoms with E-state index in [1.54, 1.807) is 0 Å². The van der Waals surface area contributed by atoms with Gasteiger partial charge >= 0.3 is 0 Å². The number of guanidine groups is 1. The molecule has 7 nitrogen and oxygen atoms in total. The van der Waals surface area contributed by atoms with E-state index in [0.29, 0.717) is 5.92 Å². The molecule has 158 valence electrons. The molecule has 1 aromatic heterocycles. The van der Waals surface area contributed by atoms with E-state index in [1.165, 1.54) is 31.5 Å². The lowest BCUT2D eigenvalue weighted by Crippen LogP contribution is -2.58. The van der Waals surface area contributed by atoms with Crippen molar-refractivity contribution in [2.75, 3.05) is 53.0 Å². The summed E-state index contributed by atoms with van der Waals surface area (Å²) in [7, 11) is 3.90. The first-order valence-electron chi connectivity index (χ1n) is 10.5. The lowest BCUT2D eigenvalue weighted by atomic mass is 9.88. The topological polar surface area (TPSA) is 57.9 Å². The molecule has 0 bridgehead atoms. The zero-order valence-corrected chi connectivity index (χ0v) is 19.6. The van der Waals surface area contributed by atoms with Gasteiger partial charge in [-0.3, -0.25) is 14.6 Å². The van der Waals surface area contributed by atoms with Crippen molar-refractivity contribution in [3.05, 3.63) is 18.0 Å². The van der Waals surface area contributed by atoms with Gasteiger partial charge in [0.1, 0.15) is 0 Å². The number of hydrogen-bond acceptors (Lipinski definition) is 4. The number of aryl methyl sites for hydroxylation is 1. The molecule has 3 saturated heterocycles. The fraction of sp³-hybridized carbons (Fsp3) is 0.800. The Morgan fingerprint density at radius 3 is 2.68 bits per heavy atom. The van der Waals surface area contributed by atoms with Crippen molar-refractivity contribution in [1.29, 1.82) is 0 Å². The van der Waals surface area contributed by atoms with Gasteiger partial charge in [0, 0.05) is 64.6 Å². The van der Waals surface area contributed by atoms with Crippen LogP contribution >= 0.6 is 24.0 Å². The van der Waals surface area contributed by atoms with E-state index in [0.717, 1.165) is 58.1 Å². The fourth-order valence-electron chi connectivity index (χ4n) is 5.00. The number of halogens is 1. The van der Waals surface area contributed by atoms with E-state index < -0.39 is 0 Å². The maximum absolute atomic E-state index is 5.68. The zero-order chi connectivity index (χ0) is 18.7. The normalized spacial score (nSPS) is 25.7. The molecular formula is C20H35IN6O. The van der Waals surface area contributed by atoms with Gasteiger partial charge in [-0.15, -0.1) is 24.0 Å². The molecule has 0 aliphatic carbocycles. The molecular weight excluding hydrogens is 467 g/mol. The minimum Gasteiger partial charge on any atom is -0.381 e. The van der Waals surface area contributed by atoms with E-state index in [1.807, 2.05) is 25.0 Å². The third-order valence-corrected chi connectivity index (χ3v) is 6.67. The van der Waals surface area contributed by atoms with E-state index >= 15 is 0 Å². The molecule has 28 heavy (non-hydrogen) atoms. The minimum absolute atomic E-state index is 0. The lowest BCUT2D eigenvalue weighted by Gasteiger charge is -2.45. The summed E-state index contributed by atoms with van der Waals surface area (Å²) in [5.74, 6) is 1.60. The molecule has 4 rings (SSSR count). The Balaban J connectivity index is 0.00000225. The molecule has 0 aromatic carbocycles. The Morgan fingerprint density at radius 2 is 2.04 bits per heavy atom. The van der Waals surface area contributed by atoms with Crippen molar-refractivity contribution < 1.29 is 4.74 Å². The van der Waals surface area contributed by atoms with E-state index in [9.17, 15) is 0 Å². The Morgan fingerprint density at radius 1 is 1.29 bits per heavy atom. The average molecular weight is 502 g/mol. The summed E-state index contributed by atoms with van der Waals surface area (Å²) >= 11 is 0. The molecule has 0 saturated carbocycles. The predicted octanol–water partition coefficient (Wildman–Crippen LogP) is 2.05. The Bertz CT molecular complexity index is 651. The summed E-state index contributed by atoms with van der Waals surface area (Å²) in [5.41, 5.74) is 1.57. The van der Waals surface area contributed by atoms with Gasteiger partial charge in [-0.2, -0.15) is 5.10 Å². The summed E-state index contributed by atoms with van der Waals surface area (Å²) in [6.07, 6.45) is 10.2. The number of aliphatic imine (C=N–C) groups is 1. The van der Waals surface area contributed by atoms with Crippen LogP contribution in [0.5, 0.6) is 0 Å². The predicted molar refractivity (Wildman–Crippen MR) is 123 cm³/mol. The van der Waals surface area contributed by atoms with E-state index in [4.69, 9.17) is 4.74 Å². The van der Waals surface area contributed by atoms with Gasteiger partial charge in [0.25, 0.3) is 0 Å². The van der Waals surface area contributed by atoms with Crippen molar-refractivity contribution >= 4 is 29.9 Å². The molecule has 1 atom stereocenters. The van der Waals surface area contributed by atoms with Gasteiger partial charge in [-0.25, -0.2) is 0 Å². The average Bonchev–Trinajstić information content (AvgIpc) is 3.45. The highest BCUT2D eigenvalue weighted by atomic mass is 127. The molecule has 0 amide bonds. The van der Waals surface area contributed by atoms with Crippen LogP contribution in [0.4, 0.5) is 0 Å². The van der Waals surface area contributed by atoms with Crippen LogP contribution in [0.3, 0.4) is 0 Å². The van der Waals surface area contributed by atoms with Gasteiger partial charge < -0.3 is 15.0 Å².